The Morgan fingerprint density at radius 3 is 2.25 bits per heavy atom. The van der Waals surface area contributed by atoms with Crippen molar-refractivity contribution in [1.29, 1.82) is 0 Å². The number of aliphatic hydroxyl groups excluding tert-OH is 1. The molecule has 0 unspecified atom stereocenters. The first kappa shape index (κ1) is 18.7. The second-order valence-electron chi connectivity index (χ2n) is 7.47. The lowest BCUT2D eigenvalue weighted by Gasteiger charge is -2.70. The maximum absolute atomic E-state index is 12.8. The van der Waals surface area contributed by atoms with E-state index in [9.17, 15) is 14.7 Å². The lowest BCUT2D eigenvalue weighted by Crippen LogP contribution is -2.86. The second kappa shape index (κ2) is 7.37. The molecule has 2 saturated heterocycles. The molecular formula is C22H24N2O4. The van der Waals surface area contributed by atoms with E-state index in [1.165, 1.54) is 7.11 Å². The third-order valence-corrected chi connectivity index (χ3v) is 5.89. The molecule has 2 amide bonds. The molecule has 0 aliphatic carbocycles. The van der Waals surface area contributed by atoms with Crippen molar-refractivity contribution in [3.05, 3.63) is 71.8 Å². The summed E-state index contributed by atoms with van der Waals surface area (Å²) in [5, 5.41) is 9.99. The number of hydrogen-bond donors (Lipinski definition) is 1. The van der Waals surface area contributed by atoms with E-state index in [0.717, 1.165) is 5.56 Å². The van der Waals surface area contributed by atoms with Crippen LogP contribution in [-0.4, -0.2) is 71.7 Å². The molecular weight excluding hydrogens is 356 g/mol. The molecule has 2 aromatic carbocycles. The number of benzene rings is 2. The van der Waals surface area contributed by atoms with E-state index in [1.54, 1.807) is 21.9 Å². The summed E-state index contributed by atoms with van der Waals surface area (Å²) in [5.41, 5.74) is 1.23. The molecule has 2 aliphatic heterocycles. The highest BCUT2D eigenvalue weighted by atomic mass is 16.5. The Balaban J connectivity index is 1.62. The van der Waals surface area contributed by atoms with E-state index in [2.05, 4.69) is 0 Å². The van der Waals surface area contributed by atoms with Crippen LogP contribution in [0.1, 0.15) is 21.8 Å². The predicted molar refractivity (Wildman–Crippen MR) is 104 cm³/mol. The number of hydrogen-bond acceptors (Lipinski definition) is 4. The number of rotatable bonds is 5. The SMILES string of the molecule is COCC(=O)N1[C@@H](CO)[C@H](c2ccccc2)C12CN(C(=O)c1ccccc1)C2. The van der Waals surface area contributed by atoms with Gasteiger partial charge in [-0.3, -0.25) is 9.59 Å². The van der Waals surface area contributed by atoms with Crippen LogP contribution >= 0.6 is 0 Å². The zero-order valence-corrected chi connectivity index (χ0v) is 15.8. The lowest BCUT2D eigenvalue weighted by atomic mass is 9.60. The first-order valence-corrected chi connectivity index (χ1v) is 9.43. The Morgan fingerprint density at radius 2 is 1.68 bits per heavy atom. The summed E-state index contributed by atoms with van der Waals surface area (Å²) in [6.07, 6.45) is 0. The van der Waals surface area contributed by atoms with Crippen molar-refractivity contribution < 1.29 is 19.4 Å². The Morgan fingerprint density at radius 1 is 1.07 bits per heavy atom. The van der Waals surface area contributed by atoms with Crippen molar-refractivity contribution >= 4 is 11.8 Å². The van der Waals surface area contributed by atoms with Crippen LogP contribution in [0.15, 0.2) is 60.7 Å². The Kier molecular flexibility index (Phi) is 4.91. The maximum Gasteiger partial charge on any atom is 0.254 e. The summed E-state index contributed by atoms with van der Waals surface area (Å²) in [7, 11) is 1.49. The third-order valence-electron chi connectivity index (χ3n) is 5.89. The van der Waals surface area contributed by atoms with E-state index >= 15 is 0 Å². The number of aliphatic hydroxyl groups is 1. The summed E-state index contributed by atoms with van der Waals surface area (Å²) in [6, 6.07) is 18.8. The molecule has 28 heavy (non-hydrogen) atoms. The van der Waals surface area contributed by atoms with Crippen LogP contribution < -0.4 is 0 Å². The fraction of sp³-hybridized carbons (Fsp3) is 0.364. The number of amides is 2. The van der Waals surface area contributed by atoms with Gasteiger partial charge in [-0.15, -0.1) is 0 Å². The molecule has 1 spiro atoms. The van der Waals surface area contributed by atoms with E-state index in [4.69, 9.17) is 4.74 Å². The third kappa shape index (κ3) is 2.80. The van der Waals surface area contributed by atoms with Crippen molar-refractivity contribution in [3.8, 4) is 0 Å². The highest BCUT2D eigenvalue weighted by molar-refractivity contribution is 5.95. The lowest BCUT2D eigenvalue weighted by molar-refractivity contribution is -0.196. The van der Waals surface area contributed by atoms with Gasteiger partial charge in [0.25, 0.3) is 5.91 Å². The van der Waals surface area contributed by atoms with Crippen LogP contribution in [0.5, 0.6) is 0 Å². The molecule has 0 saturated carbocycles. The van der Waals surface area contributed by atoms with Crippen LogP contribution in [0.25, 0.3) is 0 Å². The molecule has 2 aromatic rings. The van der Waals surface area contributed by atoms with Gasteiger partial charge in [0.1, 0.15) is 6.61 Å². The van der Waals surface area contributed by atoms with Crippen molar-refractivity contribution in [2.24, 2.45) is 0 Å². The van der Waals surface area contributed by atoms with E-state index in [-0.39, 0.29) is 37.0 Å². The molecule has 146 valence electrons. The molecule has 1 N–H and O–H groups in total. The van der Waals surface area contributed by atoms with Crippen molar-refractivity contribution in [3.63, 3.8) is 0 Å². The van der Waals surface area contributed by atoms with E-state index in [0.29, 0.717) is 18.7 Å². The van der Waals surface area contributed by atoms with Crippen molar-refractivity contribution in [2.45, 2.75) is 17.5 Å². The van der Waals surface area contributed by atoms with Gasteiger partial charge >= 0.3 is 0 Å². The summed E-state index contributed by atoms with van der Waals surface area (Å²) in [4.78, 5) is 29.0. The fourth-order valence-corrected chi connectivity index (χ4v) is 4.78. The molecule has 2 heterocycles. The minimum absolute atomic E-state index is 0.0145. The Bertz CT molecular complexity index is 849. The topological polar surface area (TPSA) is 70.1 Å². The van der Waals surface area contributed by atoms with Crippen LogP contribution in [0.3, 0.4) is 0 Å². The van der Waals surface area contributed by atoms with Crippen LogP contribution in [0, 0.1) is 0 Å². The van der Waals surface area contributed by atoms with Crippen molar-refractivity contribution in [1.82, 2.24) is 9.80 Å². The maximum atomic E-state index is 12.8. The molecule has 6 nitrogen and oxygen atoms in total. The van der Waals surface area contributed by atoms with Gasteiger partial charge in [0.15, 0.2) is 0 Å². The van der Waals surface area contributed by atoms with Gasteiger partial charge in [0.05, 0.1) is 18.2 Å². The van der Waals surface area contributed by atoms with Gasteiger partial charge in [-0.05, 0) is 17.7 Å². The number of nitrogens with zero attached hydrogens (tertiary/aromatic N) is 2. The molecule has 6 heteroatoms. The first-order chi connectivity index (χ1) is 13.6. The number of likely N-dealkylation sites (tertiary alicyclic amines) is 2. The average molecular weight is 380 g/mol. The highest BCUT2D eigenvalue weighted by Crippen LogP contribution is 2.54. The standard InChI is InChI=1S/C22H24N2O4/c1-28-13-19(26)24-18(12-25)20(16-8-4-2-5-9-16)22(24)14-23(15-22)21(27)17-10-6-3-7-11-17/h2-11,18,20,25H,12-15H2,1H3/t18-,20-/m0/s1. The van der Waals surface area contributed by atoms with Crippen LogP contribution in [0.4, 0.5) is 0 Å². The minimum Gasteiger partial charge on any atom is -0.394 e. The Hall–Kier alpha value is -2.70. The largest absolute Gasteiger partial charge is 0.394 e. The van der Waals surface area contributed by atoms with Gasteiger partial charge in [0.2, 0.25) is 5.91 Å². The summed E-state index contributed by atoms with van der Waals surface area (Å²) in [5.74, 6) is -0.204. The van der Waals surface area contributed by atoms with Gasteiger partial charge in [-0.1, -0.05) is 48.5 Å². The monoisotopic (exact) mass is 380 g/mol. The molecule has 0 aromatic heterocycles. The zero-order valence-electron chi connectivity index (χ0n) is 15.8. The number of carbonyl (C=O) groups is 2. The smallest absolute Gasteiger partial charge is 0.254 e. The Labute approximate surface area is 164 Å². The molecule has 0 bridgehead atoms. The van der Waals surface area contributed by atoms with Gasteiger partial charge in [-0.2, -0.15) is 0 Å². The summed E-state index contributed by atoms with van der Waals surface area (Å²) in [6.45, 7) is 0.744. The quantitative estimate of drug-likeness (QED) is 0.854. The van der Waals surface area contributed by atoms with Gasteiger partial charge < -0.3 is 19.6 Å². The second-order valence-corrected chi connectivity index (χ2v) is 7.47. The summed E-state index contributed by atoms with van der Waals surface area (Å²) >= 11 is 0. The molecule has 2 fully saturated rings. The zero-order chi connectivity index (χ0) is 19.7. The predicted octanol–water partition coefficient (Wildman–Crippen LogP) is 1.51. The van der Waals surface area contributed by atoms with Crippen LogP contribution in [0.2, 0.25) is 0 Å². The van der Waals surface area contributed by atoms with E-state index in [1.807, 2.05) is 48.5 Å². The van der Waals surface area contributed by atoms with Crippen LogP contribution in [-0.2, 0) is 9.53 Å². The van der Waals surface area contributed by atoms with Gasteiger partial charge in [-0.25, -0.2) is 0 Å². The normalized spacial score (nSPS) is 22.5. The van der Waals surface area contributed by atoms with Gasteiger partial charge in [0, 0.05) is 31.7 Å². The first-order valence-electron chi connectivity index (χ1n) is 9.43. The number of methoxy groups -OCH3 is 1. The minimum atomic E-state index is -0.491. The fourth-order valence-electron chi connectivity index (χ4n) is 4.78. The molecule has 2 aliphatic rings. The summed E-state index contributed by atoms with van der Waals surface area (Å²) < 4.78 is 5.05. The molecule has 2 atom stereocenters. The number of carbonyl (C=O) groups excluding carboxylic acids is 2. The molecule has 4 rings (SSSR count). The average Bonchev–Trinajstić information content (AvgIpc) is 2.68. The molecule has 0 radical (unpaired) electrons. The van der Waals surface area contributed by atoms with E-state index < -0.39 is 5.54 Å². The number of ether oxygens (including phenoxy) is 1. The van der Waals surface area contributed by atoms with Crippen molar-refractivity contribution in [2.75, 3.05) is 33.4 Å². The highest BCUT2D eigenvalue weighted by Gasteiger charge is 2.67.